The predicted molar refractivity (Wildman–Crippen MR) is 72.6 cm³/mol. The van der Waals surface area contributed by atoms with Crippen LogP contribution in [0.1, 0.15) is 57.8 Å². The summed E-state index contributed by atoms with van der Waals surface area (Å²) in [6.07, 6.45) is 10.4. The van der Waals surface area contributed by atoms with Gasteiger partial charge in [-0.15, -0.1) is 11.6 Å². The summed E-state index contributed by atoms with van der Waals surface area (Å²) < 4.78 is -1.06. The fraction of sp³-hybridized carbons (Fsp3) is 1.00. The van der Waals surface area contributed by atoms with Crippen molar-refractivity contribution < 1.29 is 0 Å². The summed E-state index contributed by atoms with van der Waals surface area (Å²) in [5.74, 6) is 0.795. The van der Waals surface area contributed by atoms with Crippen LogP contribution in [0, 0.1) is 0 Å². The minimum Gasteiger partial charge on any atom is -0.127 e. The van der Waals surface area contributed by atoms with Crippen LogP contribution in [0.3, 0.4) is 0 Å². The van der Waals surface area contributed by atoms with E-state index in [0.717, 1.165) is 18.7 Å². The molecule has 0 aromatic carbocycles. The minimum atomic E-state index is -1.06. The second-order valence-electron chi connectivity index (χ2n) is 3.88. The number of rotatable bonds is 9. The molecule has 4 heteroatoms. The van der Waals surface area contributed by atoms with Crippen LogP contribution >= 0.6 is 46.4 Å². The third-order valence-electron chi connectivity index (χ3n) is 2.34. The van der Waals surface area contributed by atoms with Crippen LogP contribution in [0.15, 0.2) is 0 Å². The largest absolute Gasteiger partial charge is 0.190 e. The van der Waals surface area contributed by atoms with Gasteiger partial charge in [0.1, 0.15) is 0 Å². The van der Waals surface area contributed by atoms with Gasteiger partial charge in [0, 0.05) is 5.88 Å². The SMILES string of the molecule is ClCCCCCCCCCCC(Cl)(Cl)Cl. The molecule has 0 aliphatic carbocycles. The second-order valence-corrected chi connectivity index (χ2v) is 6.78. The fourth-order valence-corrected chi connectivity index (χ4v) is 2.07. The molecule has 0 rings (SSSR count). The summed E-state index contributed by atoms with van der Waals surface area (Å²) in [6.45, 7) is 0. The first-order valence-electron chi connectivity index (χ1n) is 5.69. The van der Waals surface area contributed by atoms with Crippen LogP contribution in [0.4, 0.5) is 0 Å². The Labute approximate surface area is 114 Å². The molecule has 92 valence electrons. The van der Waals surface area contributed by atoms with E-state index in [1.54, 1.807) is 0 Å². The maximum Gasteiger partial charge on any atom is 0.190 e. The van der Waals surface area contributed by atoms with Crippen LogP contribution in [-0.2, 0) is 0 Å². The molecular formula is C11H20Cl4. The van der Waals surface area contributed by atoms with Gasteiger partial charge in [-0.2, -0.15) is 0 Å². The molecule has 0 atom stereocenters. The van der Waals surface area contributed by atoms with Gasteiger partial charge in [-0.25, -0.2) is 0 Å². The first-order valence-corrected chi connectivity index (χ1v) is 7.36. The zero-order valence-electron chi connectivity index (χ0n) is 9.08. The van der Waals surface area contributed by atoms with Crippen molar-refractivity contribution >= 4 is 46.4 Å². The lowest BCUT2D eigenvalue weighted by molar-refractivity contribution is 0.567. The first-order chi connectivity index (χ1) is 7.06. The van der Waals surface area contributed by atoms with E-state index in [1.807, 2.05) is 0 Å². The van der Waals surface area contributed by atoms with Crippen LogP contribution in [0.2, 0.25) is 0 Å². The molecule has 0 N–H and O–H groups in total. The number of alkyl halides is 4. The number of halogens is 4. The van der Waals surface area contributed by atoms with Gasteiger partial charge in [-0.3, -0.25) is 0 Å². The first kappa shape index (κ1) is 16.2. The highest BCUT2D eigenvalue weighted by atomic mass is 35.6. The average Bonchev–Trinajstić information content (AvgIpc) is 2.14. The van der Waals surface area contributed by atoms with Crippen molar-refractivity contribution in [2.24, 2.45) is 0 Å². The normalized spacial score (nSPS) is 12.0. The van der Waals surface area contributed by atoms with E-state index in [9.17, 15) is 0 Å². The minimum absolute atomic E-state index is 0.671. The van der Waals surface area contributed by atoms with E-state index in [0.29, 0.717) is 6.42 Å². The van der Waals surface area contributed by atoms with Gasteiger partial charge in [0.25, 0.3) is 0 Å². The van der Waals surface area contributed by atoms with Crippen molar-refractivity contribution in [3.8, 4) is 0 Å². The van der Waals surface area contributed by atoms with Crippen molar-refractivity contribution in [3.05, 3.63) is 0 Å². The van der Waals surface area contributed by atoms with Gasteiger partial charge in [0.05, 0.1) is 0 Å². The highest BCUT2D eigenvalue weighted by Gasteiger charge is 2.17. The molecule has 0 spiro atoms. The molecule has 0 nitrogen and oxygen atoms in total. The molecule has 0 fully saturated rings. The van der Waals surface area contributed by atoms with Gasteiger partial charge in [0.15, 0.2) is 3.79 Å². The monoisotopic (exact) mass is 292 g/mol. The number of unbranched alkanes of at least 4 members (excludes halogenated alkanes) is 7. The van der Waals surface area contributed by atoms with Crippen molar-refractivity contribution in [3.63, 3.8) is 0 Å². The predicted octanol–water partition coefficient (Wildman–Crippen LogP) is 6.11. The van der Waals surface area contributed by atoms with E-state index in [4.69, 9.17) is 46.4 Å². The smallest absolute Gasteiger partial charge is 0.127 e. The van der Waals surface area contributed by atoms with Crippen LogP contribution in [0.5, 0.6) is 0 Å². The molecule has 0 aliphatic heterocycles. The second kappa shape index (κ2) is 10.3. The Balaban J connectivity index is 2.99. The Hall–Kier alpha value is 1.16. The average molecular weight is 294 g/mol. The van der Waals surface area contributed by atoms with Crippen molar-refractivity contribution in [2.75, 3.05) is 5.88 Å². The Morgan fingerprint density at radius 3 is 1.40 bits per heavy atom. The summed E-state index contributed by atoms with van der Waals surface area (Å²) >= 11 is 22.5. The maximum absolute atomic E-state index is 5.65. The Bertz CT molecular complexity index is 131. The van der Waals surface area contributed by atoms with Crippen molar-refractivity contribution in [1.29, 1.82) is 0 Å². The highest BCUT2D eigenvalue weighted by molar-refractivity contribution is 6.67. The molecule has 0 aliphatic rings. The fourth-order valence-electron chi connectivity index (χ4n) is 1.48. The lowest BCUT2D eigenvalue weighted by Crippen LogP contribution is -2.00. The lowest BCUT2D eigenvalue weighted by Gasteiger charge is -2.09. The molecule has 0 radical (unpaired) electrons. The summed E-state index contributed by atoms with van der Waals surface area (Å²) in [6, 6.07) is 0. The molecule has 0 heterocycles. The van der Waals surface area contributed by atoms with Gasteiger partial charge in [-0.05, 0) is 19.3 Å². The topological polar surface area (TPSA) is 0 Å². The van der Waals surface area contributed by atoms with Gasteiger partial charge in [-0.1, -0.05) is 73.3 Å². The van der Waals surface area contributed by atoms with Gasteiger partial charge in [0.2, 0.25) is 0 Å². The summed E-state index contributed by atoms with van der Waals surface area (Å²) in [5, 5.41) is 0. The van der Waals surface area contributed by atoms with E-state index < -0.39 is 3.79 Å². The molecule has 0 aromatic heterocycles. The molecule has 0 unspecified atom stereocenters. The van der Waals surface area contributed by atoms with E-state index in [-0.39, 0.29) is 0 Å². The van der Waals surface area contributed by atoms with Crippen LogP contribution < -0.4 is 0 Å². The quantitative estimate of drug-likeness (QED) is 0.355. The van der Waals surface area contributed by atoms with E-state index in [2.05, 4.69) is 0 Å². The molecular weight excluding hydrogens is 274 g/mol. The van der Waals surface area contributed by atoms with Gasteiger partial charge >= 0.3 is 0 Å². The zero-order valence-corrected chi connectivity index (χ0v) is 12.1. The van der Waals surface area contributed by atoms with E-state index >= 15 is 0 Å². The number of hydrogen-bond acceptors (Lipinski definition) is 0. The Morgan fingerprint density at radius 1 is 0.600 bits per heavy atom. The molecule has 0 bridgehead atoms. The standard InChI is InChI=1S/C11H20Cl4/c12-10-8-6-4-2-1-3-5-7-9-11(13,14)15/h1-10H2. The van der Waals surface area contributed by atoms with Crippen LogP contribution in [0.25, 0.3) is 0 Å². The third kappa shape index (κ3) is 15.2. The Morgan fingerprint density at radius 2 is 1.00 bits per heavy atom. The zero-order chi connectivity index (χ0) is 11.6. The summed E-state index contributed by atoms with van der Waals surface area (Å²) in [4.78, 5) is 0. The number of hydrogen-bond donors (Lipinski definition) is 0. The molecule has 15 heavy (non-hydrogen) atoms. The summed E-state index contributed by atoms with van der Waals surface area (Å²) in [7, 11) is 0. The molecule has 0 saturated carbocycles. The molecule has 0 aromatic rings. The van der Waals surface area contributed by atoms with Crippen LogP contribution in [-0.4, -0.2) is 9.67 Å². The maximum atomic E-state index is 5.65. The summed E-state index contributed by atoms with van der Waals surface area (Å²) in [5.41, 5.74) is 0. The Kier molecular flexibility index (Phi) is 11.1. The van der Waals surface area contributed by atoms with E-state index in [1.165, 1.54) is 38.5 Å². The third-order valence-corrected chi connectivity index (χ3v) is 3.18. The molecule has 0 saturated heterocycles. The lowest BCUT2D eigenvalue weighted by atomic mass is 10.1. The van der Waals surface area contributed by atoms with Gasteiger partial charge < -0.3 is 0 Å². The van der Waals surface area contributed by atoms with Crippen molar-refractivity contribution in [2.45, 2.75) is 61.6 Å². The molecule has 0 amide bonds. The highest BCUT2D eigenvalue weighted by Crippen LogP contribution is 2.32. The van der Waals surface area contributed by atoms with Crippen molar-refractivity contribution in [1.82, 2.24) is 0 Å².